The van der Waals surface area contributed by atoms with Gasteiger partial charge >= 0.3 is 0 Å². The van der Waals surface area contributed by atoms with Crippen molar-refractivity contribution in [1.29, 1.82) is 0 Å². The van der Waals surface area contributed by atoms with Crippen molar-refractivity contribution >= 4 is 22.9 Å². The van der Waals surface area contributed by atoms with E-state index in [0.717, 1.165) is 34.0 Å². The maximum Gasteiger partial charge on any atom is 0.263 e. The van der Waals surface area contributed by atoms with Gasteiger partial charge in [-0.2, -0.15) is 5.10 Å². The molecule has 0 spiro atoms. The van der Waals surface area contributed by atoms with Gasteiger partial charge in [-0.15, -0.1) is 11.3 Å². The molecule has 2 aromatic heterocycles. The highest BCUT2D eigenvalue weighted by atomic mass is 32.1. The molecule has 5 rings (SSSR count). The Kier molecular flexibility index (Phi) is 4.50. The summed E-state index contributed by atoms with van der Waals surface area (Å²) in [4.78, 5) is 16.6. The van der Waals surface area contributed by atoms with Crippen molar-refractivity contribution < 1.29 is 14.3 Å². The maximum atomic E-state index is 12.7. The number of ether oxygens (including phenoxy) is 2. The van der Waals surface area contributed by atoms with Gasteiger partial charge in [-0.3, -0.25) is 9.89 Å². The van der Waals surface area contributed by atoms with Crippen LogP contribution in [0.3, 0.4) is 0 Å². The number of carbonyl (C=O) groups is 1. The number of nitrogens with one attached hydrogen (secondary N) is 2. The molecule has 7 nitrogen and oxygen atoms in total. The average Bonchev–Trinajstić information content (AvgIpc) is 3.36. The first-order chi connectivity index (χ1) is 13.8. The van der Waals surface area contributed by atoms with E-state index in [4.69, 9.17) is 9.47 Å². The van der Waals surface area contributed by atoms with Crippen molar-refractivity contribution in [2.24, 2.45) is 0 Å². The van der Waals surface area contributed by atoms with Gasteiger partial charge in [-0.25, -0.2) is 0 Å². The topological polar surface area (TPSA) is 79.5 Å². The molecule has 2 N–H and O–H groups in total. The van der Waals surface area contributed by atoms with E-state index in [1.54, 1.807) is 6.20 Å². The van der Waals surface area contributed by atoms with Gasteiger partial charge in [0.25, 0.3) is 5.91 Å². The molecule has 0 unspecified atom stereocenters. The summed E-state index contributed by atoms with van der Waals surface area (Å²) in [7, 11) is 0. The quantitative estimate of drug-likeness (QED) is 0.693. The summed E-state index contributed by atoms with van der Waals surface area (Å²) >= 11 is 1.45. The van der Waals surface area contributed by atoms with Crippen LogP contribution < -0.4 is 15.0 Å². The highest BCUT2D eigenvalue weighted by Gasteiger charge is 2.37. The molecule has 0 fully saturated rings. The van der Waals surface area contributed by atoms with E-state index in [-0.39, 0.29) is 11.9 Å². The van der Waals surface area contributed by atoms with Crippen LogP contribution in [0.25, 0.3) is 10.4 Å². The molecule has 1 atom stereocenters. The molecule has 2 aliphatic rings. The lowest BCUT2D eigenvalue weighted by Crippen LogP contribution is -2.47. The predicted octanol–water partition coefficient (Wildman–Crippen LogP) is 2.67. The number of hydrogen-bond donors (Lipinski definition) is 2. The van der Waals surface area contributed by atoms with Gasteiger partial charge < -0.3 is 19.7 Å². The zero-order valence-corrected chi connectivity index (χ0v) is 16.0. The van der Waals surface area contributed by atoms with Gasteiger partial charge in [0, 0.05) is 18.3 Å². The second kappa shape index (κ2) is 7.29. The highest BCUT2D eigenvalue weighted by Crippen LogP contribution is 2.50. The molecule has 0 radical (unpaired) electrons. The summed E-state index contributed by atoms with van der Waals surface area (Å²) in [5.41, 5.74) is 2.96. The molecule has 28 heavy (non-hydrogen) atoms. The van der Waals surface area contributed by atoms with Crippen LogP contribution in [-0.4, -0.2) is 48.4 Å². The number of hydrogen-bond acceptors (Lipinski definition) is 6. The van der Waals surface area contributed by atoms with Crippen molar-refractivity contribution in [3.63, 3.8) is 0 Å². The van der Waals surface area contributed by atoms with Crippen molar-refractivity contribution in [3.8, 4) is 16.2 Å². The summed E-state index contributed by atoms with van der Waals surface area (Å²) in [6.07, 6.45) is 3.57. The Morgan fingerprint density at radius 2 is 2.18 bits per heavy atom. The largest absolute Gasteiger partial charge is 0.488 e. The summed E-state index contributed by atoms with van der Waals surface area (Å²) in [5.74, 6) is 0.717. The summed E-state index contributed by atoms with van der Waals surface area (Å²) < 4.78 is 12.0. The number of rotatable bonds is 5. The molecular weight excluding hydrogens is 376 g/mol. The van der Waals surface area contributed by atoms with Crippen molar-refractivity contribution in [3.05, 3.63) is 53.2 Å². The Hall–Kier alpha value is -2.84. The third-order valence-electron chi connectivity index (χ3n) is 5.03. The fourth-order valence-electron chi connectivity index (χ4n) is 3.68. The van der Waals surface area contributed by atoms with Gasteiger partial charge in [0.15, 0.2) is 5.75 Å². The molecule has 2 aliphatic heterocycles. The normalized spacial score (nSPS) is 18.2. The van der Waals surface area contributed by atoms with E-state index in [1.165, 1.54) is 11.3 Å². The number of H-pyrrole nitrogens is 1. The van der Waals surface area contributed by atoms with Gasteiger partial charge in [-0.1, -0.05) is 30.3 Å². The number of anilines is 1. The van der Waals surface area contributed by atoms with Crippen molar-refractivity contribution in [2.75, 3.05) is 31.2 Å². The fraction of sp³-hybridized carbons (Fsp3) is 0.300. The fourth-order valence-corrected chi connectivity index (χ4v) is 4.83. The van der Waals surface area contributed by atoms with Crippen LogP contribution in [0.5, 0.6) is 5.75 Å². The highest BCUT2D eigenvalue weighted by molar-refractivity contribution is 7.18. The molecule has 1 amide bonds. The van der Waals surface area contributed by atoms with E-state index in [2.05, 4.69) is 32.5 Å². The summed E-state index contributed by atoms with van der Waals surface area (Å²) in [6, 6.07) is 10.2. The summed E-state index contributed by atoms with van der Waals surface area (Å²) in [6.45, 7) is 2.95. The van der Waals surface area contributed by atoms with Gasteiger partial charge in [-0.05, 0) is 5.56 Å². The Bertz CT molecular complexity index is 971. The zero-order chi connectivity index (χ0) is 18.9. The molecule has 4 heterocycles. The number of aromatic amines is 1. The monoisotopic (exact) mass is 396 g/mol. The Balaban J connectivity index is 1.42. The number of carbonyl (C=O) groups excluding carboxylic acids is 1. The Morgan fingerprint density at radius 3 is 3.00 bits per heavy atom. The molecule has 1 aromatic carbocycles. The SMILES string of the molecule is O=C1NC[C@H](COCc2ccccc2)N2CCOc3c(-c4cn[nH]c4)sc1c32. The zero-order valence-electron chi connectivity index (χ0n) is 15.2. The first-order valence-corrected chi connectivity index (χ1v) is 10.1. The lowest BCUT2D eigenvalue weighted by molar-refractivity contribution is 0.0921. The van der Waals surface area contributed by atoms with E-state index in [9.17, 15) is 4.79 Å². The molecule has 0 aliphatic carbocycles. The predicted molar refractivity (Wildman–Crippen MR) is 107 cm³/mol. The average molecular weight is 396 g/mol. The minimum atomic E-state index is -0.0583. The van der Waals surface area contributed by atoms with Crippen LogP contribution in [0, 0.1) is 0 Å². The number of amides is 1. The van der Waals surface area contributed by atoms with E-state index >= 15 is 0 Å². The second-order valence-corrected chi connectivity index (χ2v) is 7.85. The number of nitrogens with zero attached hydrogens (tertiary/aromatic N) is 2. The second-order valence-electron chi connectivity index (χ2n) is 6.83. The lowest BCUT2D eigenvalue weighted by Gasteiger charge is -2.35. The third-order valence-corrected chi connectivity index (χ3v) is 6.24. The van der Waals surface area contributed by atoms with Gasteiger partial charge in [0.05, 0.1) is 36.9 Å². The Labute approximate surface area is 166 Å². The van der Waals surface area contributed by atoms with Crippen molar-refractivity contribution in [2.45, 2.75) is 12.6 Å². The van der Waals surface area contributed by atoms with Crippen LogP contribution >= 0.6 is 11.3 Å². The van der Waals surface area contributed by atoms with Crippen LogP contribution in [0.4, 0.5) is 5.69 Å². The van der Waals surface area contributed by atoms with Gasteiger partial charge in [0.1, 0.15) is 17.2 Å². The number of benzene rings is 1. The first-order valence-electron chi connectivity index (χ1n) is 9.26. The molecule has 0 saturated heterocycles. The standard InChI is InChI=1S/C20H20N4O3S/c25-20-19-16-17(18(28-19)14-8-22-23-9-14)27-7-6-24(16)15(10-21-20)12-26-11-13-4-2-1-3-5-13/h1-5,8-9,15H,6-7,10-12H2,(H,21,25)(H,22,23)/t15-/m1/s1. The van der Waals surface area contributed by atoms with Crippen LogP contribution in [0.2, 0.25) is 0 Å². The molecule has 144 valence electrons. The molecule has 8 heteroatoms. The molecular formula is C20H20N4O3S. The van der Waals surface area contributed by atoms with Gasteiger partial charge in [0.2, 0.25) is 0 Å². The van der Waals surface area contributed by atoms with E-state index in [0.29, 0.717) is 31.2 Å². The molecule has 0 bridgehead atoms. The number of aromatic nitrogens is 2. The first kappa shape index (κ1) is 17.3. The maximum absolute atomic E-state index is 12.7. The lowest BCUT2D eigenvalue weighted by atomic mass is 10.1. The van der Waals surface area contributed by atoms with E-state index < -0.39 is 0 Å². The smallest absolute Gasteiger partial charge is 0.263 e. The minimum absolute atomic E-state index is 0.0583. The molecule has 3 aromatic rings. The minimum Gasteiger partial charge on any atom is -0.488 e. The molecule has 0 saturated carbocycles. The number of thiophene rings is 1. The van der Waals surface area contributed by atoms with E-state index in [1.807, 2.05) is 24.4 Å². The van der Waals surface area contributed by atoms with Crippen LogP contribution in [0.15, 0.2) is 42.7 Å². The Morgan fingerprint density at radius 1 is 1.29 bits per heavy atom. The summed E-state index contributed by atoms with van der Waals surface area (Å²) in [5, 5.41) is 9.91. The van der Waals surface area contributed by atoms with Crippen molar-refractivity contribution in [1.82, 2.24) is 15.5 Å². The van der Waals surface area contributed by atoms with Crippen LogP contribution in [-0.2, 0) is 11.3 Å². The third kappa shape index (κ3) is 3.04. The van der Waals surface area contributed by atoms with Crippen LogP contribution in [0.1, 0.15) is 15.2 Å².